The second-order valence-corrected chi connectivity index (χ2v) is 6.10. The van der Waals surface area contributed by atoms with E-state index in [4.69, 9.17) is 4.74 Å². The molecule has 4 rings (SSSR count). The maximum absolute atomic E-state index is 5.92. The number of rotatable bonds is 3. The number of hydrogen-bond donors (Lipinski definition) is 1. The van der Waals surface area contributed by atoms with Gasteiger partial charge in [-0.15, -0.1) is 0 Å². The van der Waals surface area contributed by atoms with Crippen molar-refractivity contribution in [2.24, 2.45) is 4.99 Å². The van der Waals surface area contributed by atoms with Gasteiger partial charge in [-0.1, -0.05) is 78.9 Å². The quantitative estimate of drug-likeness (QED) is 0.757. The fraction of sp³-hybridized carbons (Fsp3) is 0.136. The van der Waals surface area contributed by atoms with Crippen LogP contribution in [0.25, 0.3) is 11.1 Å². The molecule has 1 unspecified atom stereocenters. The lowest BCUT2D eigenvalue weighted by Crippen LogP contribution is -2.35. The van der Waals surface area contributed by atoms with Gasteiger partial charge >= 0.3 is 0 Å². The van der Waals surface area contributed by atoms with E-state index in [0.717, 1.165) is 17.0 Å². The maximum atomic E-state index is 5.92. The summed E-state index contributed by atoms with van der Waals surface area (Å²) in [6, 6.07) is 27.0. The molecule has 1 atom stereocenters. The van der Waals surface area contributed by atoms with Crippen molar-refractivity contribution in [3.63, 3.8) is 0 Å². The molecular formula is C22H20N2O. The molecule has 1 heterocycles. The zero-order valence-electron chi connectivity index (χ0n) is 14.1. The van der Waals surface area contributed by atoms with Crippen molar-refractivity contribution in [2.75, 3.05) is 6.73 Å². The summed E-state index contributed by atoms with van der Waals surface area (Å²) in [6.45, 7) is 2.49. The molecule has 0 saturated carbocycles. The Balaban J connectivity index is 1.70. The zero-order valence-corrected chi connectivity index (χ0v) is 14.1. The number of aryl methyl sites for hydroxylation is 1. The Labute approximate surface area is 148 Å². The summed E-state index contributed by atoms with van der Waals surface area (Å²) in [5.74, 6) is 0.872. The molecule has 0 bridgehead atoms. The van der Waals surface area contributed by atoms with Crippen molar-refractivity contribution < 1.29 is 4.74 Å². The SMILES string of the molecule is Cc1ccccc1-c1ccccc1C1NC(c2ccccc2)=NCO1. The van der Waals surface area contributed by atoms with Gasteiger partial charge in [-0.25, -0.2) is 4.99 Å². The molecule has 3 aromatic rings. The maximum Gasteiger partial charge on any atom is 0.158 e. The van der Waals surface area contributed by atoms with Crippen molar-refractivity contribution in [3.8, 4) is 11.1 Å². The third-order valence-electron chi connectivity index (χ3n) is 4.46. The average Bonchev–Trinajstić information content (AvgIpc) is 2.69. The van der Waals surface area contributed by atoms with Gasteiger partial charge in [0.2, 0.25) is 0 Å². The molecule has 0 saturated heterocycles. The van der Waals surface area contributed by atoms with Crippen LogP contribution in [0.2, 0.25) is 0 Å². The van der Waals surface area contributed by atoms with E-state index < -0.39 is 0 Å². The number of ether oxygens (including phenoxy) is 1. The average molecular weight is 328 g/mol. The molecule has 0 fully saturated rings. The minimum Gasteiger partial charge on any atom is -0.341 e. The van der Waals surface area contributed by atoms with Gasteiger partial charge in [-0.3, -0.25) is 0 Å². The predicted octanol–water partition coefficient (Wildman–Crippen LogP) is 4.68. The lowest BCUT2D eigenvalue weighted by Gasteiger charge is -2.27. The highest BCUT2D eigenvalue weighted by Gasteiger charge is 2.22. The zero-order chi connectivity index (χ0) is 17.1. The van der Waals surface area contributed by atoms with Gasteiger partial charge in [0.05, 0.1) is 0 Å². The van der Waals surface area contributed by atoms with Gasteiger partial charge in [0.25, 0.3) is 0 Å². The monoisotopic (exact) mass is 328 g/mol. The van der Waals surface area contributed by atoms with Crippen LogP contribution in [0.5, 0.6) is 0 Å². The highest BCUT2D eigenvalue weighted by atomic mass is 16.5. The number of aliphatic imine (C=N–C) groups is 1. The van der Waals surface area contributed by atoms with Gasteiger partial charge in [-0.05, 0) is 23.6 Å². The molecule has 1 N–H and O–H groups in total. The molecule has 0 aromatic heterocycles. The van der Waals surface area contributed by atoms with Crippen LogP contribution in [0, 0.1) is 6.92 Å². The molecular weight excluding hydrogens is 308 g/mol. The van der Waals surface area contributed by atoms with E-state index in [1.54, 1.807) is 0 Å². The number of amidine groups is 1. The molecule has 0 aliphatic carbocycles. The second-order valence-electron chi connectivity index (χ2n) is 6.10. The summed E-state index contributed by atoms with van der Waals surface area (Å²) in [5.41, 5.74) is 5.87. The van der Waals surface area contributed by atoms with Crippen molar-refractivity contribution in [1.82, 2.24) is 5.32 Å². The Bertz CT molecular complexity index is 903. The molecule has 0 radical (unpaired) electrons. The highest BCUT2D eigenvalue weighted by molar-refractivity contribution is 5.99. The Morgan fingerprint density at radius 1 is 0.840 bits per heavy atom. The summed E-state index contributed by atoms with van der Waals surface area (Å²) in [4.78, 5) is 4.48. The largest absolute Gasteiger partial charge is 0.341 e. The highest BCUT2D eigenvalue weighted by Crippen LogP contribution is 2.32. The molecule has 3 heteroatoms. The Morgan fingerprint density at radius 2 is 1.52 bits per heavy atom. The molecule has 1 aliphatic rings. The normalized spacial score (nSPS) is 16.8. The smallest absolute Gasteiger partial charge is 0.158 e. The van der Waals surface area contributed by atoms with Gasteiger partial charge in [0, 0.05) is 11.1 Å². The van der Waals surface area contributed by atoms with Crippen LogP contribution in [-0.2, 0) is 4.74 Å². The van der Waals surface area contributed by atoms with Crippen LogP contribution in [-0.4, -0.2) is 12.6 Å². The minimum atomic E-state index is -0.219. The number of nitrogens with one attached hydrogen (secondary N) is 1. The topological polar surface area (TPSA) is 33.6 Å². The van der Waals surface area contributed by atoms with E-state index in [2.05, 4.69) is 77.9 Å². The van der Waals surface area contributed by atoms with Crippen LogP contribution in [0.15, 0.2) is 83.9 Å². The lowest BCUT2D eigenvalue weighted by atomic mass is 9.95. The van der Waals surface area contributed by atoms with Crippen LogP contribution < -0.4 is 5.32 Å². The van der Waals surface area contributed by atoms with Crippen LogP contribution in [0.3, 0.4) is 0 Å². The van der Waals surface area contributed by atoms with E-state index >= 15 is 0 Å². The molecule has 0 amide bonds. The summed E-state index contributed by atoms with van der Waals surface area (Å²) in [5, 5.41) is 3.44. The Morgan fingerprint density at radius 3 is 2.32 bits per heavy atom. The first-order valence-electron chi connectivity index (χ1n) is 8.46. The fourth-order valence-electron chi connectivity index (χ4n) is 3.17. The van der Waals surface area contributed by atoms with E-state index in [0.29, 0.717) is 6.73 Å². The first kappa shape index (κ1) is 15.6. The van der Waals surface area contributed by atoms with E-state index in [9.17, 15) is 0 Å². The third kappa shape index (κ3) is 3.19. The van der Waals surface area contributed by atoms with Crippen molar-refractivity contribution in [3.05, 3.63) is 95.6 Å². The number of hydrogen-bond acceptors (Lipinski definition) is 3. The van der Waals surface area contributed by atoms with E-state index in [1.807, 2.05) is 18.2 Å². The molecule has 25 heavy (non-hydrogen) atoms. The van der Waals surface area contributed by atoms with Crippen LogP contribution in [0.1, 0.15) is 22.9 Å². The van der Waals surface area contributed by atoms with Gasteiger partial charge in [0.1, 0.15) is 12.6 Å². The van der Waals surface area contributed by atoms with Crippen LogP contribution >= 0.6 is 0 Å². The molecule has 0 spiro atoms. The van der Waals surface area contributed by atoms with Crippen molar-refractivity contribution in [1.29, 1.82) is 0 Å². The Hall–Kier alpha value is -2.91. The summed E-state index contributed by atoms with van der Waals surface area (Å²) in [7, 11) is 0. The second kappa shape index (κ2) is 6.91. The summed E-state index contributed by atoms with van der Waals surface area (Å²) in [6.07, 6.45) is -0.219. The number of nitrogens with zero attached hydrogens (tertiary/aromatic N) is 1. The van der Waals surface area contributed by atoms with Gasteiger partial charge in [0.15, 0.2) is 6.23 Å². The first-order chi connectivity index (χ1) is 12.3. The van der Waals surface area contributed by atoms with E-state index in [-0.39, 0.29) is 6.23 Å². The van der Waals surface area contributed by atoms with Gasteiger partial charge in [-0.2, -0.15) is 0 Å². The minimum absolute atomic E-state index is 0.219. The molecule has 1 aliphatic heterocycles. The van der Waals surface area contributed by atoms with Crippen LogP contribution in [0.4, 0.5) is 0 Å². The standard InChI is InChI=1S/C22H20N2O/c1-16-9-5-6-12-18(16)19-13-7-8-14-20(19)22-24-21(23-15-25-22)17-10-3-2-4-11-17/h2-14,22H,15H2,1H3,(H,23,24). The van der Waals surface area contributed by atoms with Gasteiger partial charge < -0.3 is 10.1 Å². The Kier molecular flexibility index (Phi) is 4.32. The summed E-state index contributed by atoms with van der Waals surface area (Å²) < 4.78 is 5.92. The fourth-order valence-corrected chi connectivity index (χ4v) is 3.17. The third-order valence-corrected chi connectivity index (χ3v) is 4.46. The lowest BCUT2D eigenvalue weighted by molar-refractivity contribution is 0.0379. The van der Waals surface area contributed by atoms with E-state index in [1.165, 1.54) is 16.7 Å². The van der Waals surface area contributed by atoms with Crippen molar-refractivity contribution in [2.45, 2.75) is 13.2 Å². The number of benzene rings is 3. The first-order valence-corrected chi connectivity index (χ1v) is 8.46. The molecule has 3 nitrogen and oxygen atoms in total. The predicted molar refractivity (Wildman–Crippen MR) is 101 cm³/mol. The van der Waals surface area contributed by atoms with Crippen molar-refractivity contribution >= 4 is 5.84 Å². The molecule has 3 aromatic carbocycles. The molecule has 124 valence electrons. The summed E-state index contributed by atoms with van der Waals surface area (Å²) >= 11 is 0.